The van der Waals surface area contributed by atoms with E-state index in [2.05, 4.69) is 47.4 Å². The summed E-state index contributed by atoms with van der Waals surface area (Å²) in [5.41, 5.74) is 0.460. The number of benzene rings is 1. The van der Waals surface area contributed by atoms with Crippen molar-refractivity contribution >= 4 is 40.2 Å². The summed E-state index contributed by atoms with van der Waals surface area (Å²) in [6, 6.07) is 3.78. The molecule has 2 aromatic heterocycles. The van der Waals surface area contributed by atoms with Crippen molar-refractivity contribution in [2.75, 3.05) is 43.4 Å². The average molecular weight is 508 g/mol. The summed E-state index contributed by atoms with van der Waals surface area (Å²) in [5, 5.41) is 23.3. The zero-order valence-corrected chi connectivity index (χ0v) is 21.2. The molecule has 1 aliphatic rings. The quantitative estimate of drug-likeness (QED) is 0.232. The minimum atomic E-state index is -0.627. The van der Waals surface area contributed by atoms with E-state index in [0.29, 0.717) is 17.0 Å². The van der Waals surface area contributed by atoms with Crippen LogP contribution in [0.15, 0.2) is 42.6 Å². The van der Waals surface area contributed by atoms with Gasteiger partial charge >= 0.3 is 0 Å². The highest BCUT2D eigenvalue weighted by Crippen LogP contribution is 2.26. The average Bonchev–Trinajstić information content (AvgIpc) is 2.85. The molecule has 1 aliphatic heterocycles. The first kappa shape index (κ1) is 25.9. The molecular formula is C25H30FN9O2. The fourth-order valence-electron chi connectivity index (χ4n) is 3.57. The number of amides is 1. The van der Waals surface area contributed by atoms with E-state index in [1.54, 1.807) is 27.0 Å². The number of anilines is 3. The Morgan fingerprint density at radius 2 is 1.89 bits per heavy atom. The highest BCUT2D eigenvalue weighted by molar-refractivity contribution is 6.09. The third-order valence-corrected chi connectivity index (χ3v) is 5.93. The second kappa shape index (κ2) is 10.4. The summed E-state index contributed by atoms with van der Waals surface area (Å²) < 4.78 is 14.7. The standard InChI is InChI=1S/C25H30FN9O2/c1-25(2,3)19(36)12-20(27)32-23(37)15-5-6-16(26)17(11-15)31-22-21-18(29-14-30-22)13-28-24(33-21)35-9-7-34(4)8-10-35/h5-6,11-14,36H,7-10H2,1-4H3,(H2,27,32,37)(H,29,30,31)/b19-12-. The van der Waals surface area contributed by atoms with Gasteiger partial charge in [0.2, 0.25) is 5.95 Å². The van der Waals surface area contributed by atoms with Gasteiger partial charge in [-0.25, -0.2) is 24.3 Å². The number of allylic oxidation sites excluding steroid dienone is 1. The molecule has 3 heterocycles. The number of hydrogen-bond acceptors (Lipinski definition) is 10. The van der Waals surface area contributed by atoms with Crippen molar-refractivity contribution in [1.82, 2.24) is 30.2 Å². The Balaban J connectivity index is 1.57. The third kappa shape index (κ3) is 6.15. The number of nitrogens with zero attached hydrogens (tertiary/aromatic N) is 6. The van der Waals surface area contributed by atoms with Gasteiger partial charge in [-0.1, -0.05) is 20.8 Å². The lowest BCUT2D eigenvalue weighted by Gasteiger charge is -2.32. The van der Waals surface area contributed by atoms with Crippen molar-refractivity contribution in [2.45, 2.75) is 20.8 Å². The Kier molecular flexibility index (Phi) is 7.30. The number of fused-ring (bicyclic) bond motifs is 1. The van der Waals surface area contributed by atoms with Gasteiger partial charge in [0.15, 0.2) is 5.82 Å². The molecule has 0 unspecified atom stereocenters. The van der Waals surface area contributed by atoms with Crippen LogP contribution >= 0.6 is 0 Å². The number of hydrogen-bond donors (Lipinski definition) is 4. The summed E-state index contributed by atoms with van der Waals surface area (Å²) in [6.45, 7) is 8.68. The maximum absolute atomic E-state index is 14.7. The first-order valence-corrected chi connectivity index (χ1v) is 11.8. The van der Waals surface area contributed by atoms with Gasteiger partial charge in [0.25, 0.3) is 5.91 Å². The molecule has 0 saturated carbocycles. The van der Waals surface area contributed by atoms with Crippen LogP contribution in [0.1, 0.15) is 31.1 Å². The molecule has 0 spiro atoms. The van der Waals surface area contributed by atoms with Gasteiger partial charge in [-0.3, -0.25) is 10.2 Å². The van der Waals surface area contributed by atoms with Gasteiger partial charge in [0.05, 0.1) is 11.9 Å². The van der Waals surface area contributed by atoms with Crippen LogP contribution in [-0.4, -0.2) is 74.9 Å². The molecule has 0 aliphatic carbocycles. The summed E-state index contributed by atoms with van der Waals surface area (Å²) in [6.07, 6.45) is 4.11. The molecule has 0 radical (unpaired) electrons. The van der Waals surface area contributed by atoms with Gasteiger partial charge in [-0.2, -0.15) is 0 Å². The molecule has 37 heavy (non-hydrogen) atoms. The van der Waals surface area contributed by atoms with E-state index < -0.39 is 17.1 Å². The van der Waals surface area contributed by atoms with Crippen LogP contribution in [0, 0.1) is 16.6 Å². The number of aromatic nitrogens is 4. The van der Waals surface area contributed by atoms with Crippen molar-refractivity contribution in [3.8, 4) is 0 Å². The van der Waals surface area contributed by atoms with Gasteiger partial charge in [-0.05, 0) is 25.2 Å². The van der Waals surface area contributed by atoms with Gasteiger partial charge < -0.3 is 25.5 Å². The van der Waals surface area contributed by atoms with E-state index >= 15 is 0 Å². The number of carbonyl (C=O) groups excluding carboxylic acids is 1. The molecule has 3 aromatic rings. The van der Waals surface area contributed by atoms with Gasteiger partial charge in [0.1, 0.15) is 34.8 Å². The Hall–Kier alpha value is -4.19. The topological polar surface area (TPSA) is 143 Å². The molecule has 194 valence electrons. The van der Waals surface area contributed by atoms with Gasteiger partial charge in [-0.15, -0.1) is 0 Å². The molecular weight excluding hydrogens is 477 g/mol. The number of halogens is 1. The smallest absolute Gasteiger partial charge is 0.256 e. The molecule has 12 heteroatoms. The largest absolute Gasteiger partial charge is 0.512 e. The SMILES string of the molecule is CN1CCN(c2ncc3ncnc(Nc4cc(C(=O)NC(=N)/C=C(\O)C(C)(C)C)ccc4F)c3n2)CC1. The minimum absolute atomic E-state index is 0.00650. The summed E-state index contributed by atoms with van der Waals surface area (Å²) in [4.78, 5) is 34.5. The van der Waals surface area contributed by atoms with E-state index in [-0.39, 0.29) is 28.7 Å². The Labute approximate surface area is 214 Å². The van der Waals surface area contributed by atoms with Crippen LogP contribution in [0.3, 0.4) is 0 Å². The van der Waals surface area contributed by atoms with Crippen molar-refractivity contribution in [2.24, 2.45) is 5.41 Å². The molecule has 0 bridgehead atoms. The van der Waals surface area contributed by atoms with E-state index in [9.17, 15) is 14.3 Å². The molecule has 4 rings (SSSR count). The van der Waals surface area contributed by atoms with Crippen LogP contribution in [-0.2, 0) is 0 Å². The first-order chi connectivity index (χ1) is 17.5. The molecule has 4 N–H and O–H groups in total. The highest BCUT2D eigenvalue weighted by Gasteiger charge is 2.20. The zero-order chi connectivity index (χ0) is 26.7. The summed E-state index contributed by atoms with van der Waals surface area (Å²) in [5.74, 6) is -0.753. The number of likely N-dealkylation sites (N-methyl/N-ethyl adjacent to an activating group) is 1. The molecule has 0 atom stereocenters. The summed E-state index contributed by atoms with van der Waals surface area (Å²) in [7, 11) is 2.06. The van der Waals surface area contributed by atoms with Crippen molar-refractivity contribution < 1.29 is 14.3 Å². The summed E-state index contributed by atoms with van der Waals surface area (Å²) >= 11 is 0. The van der Waals surface area contributed by atoms with E-state index in [1.165, 1.54) is 24.5 Å². The monoisotopic (exact) mass is 507 g/mol. The maximum Gasteiger partial charge on any atom is 0.256 e. The van der Waals surface area contributed by atoms with E-state index in [0.717, 1.165) is 32.2 Å². The lowest BCUT2D eigenvalue weighted by Crippen LogP contribution is -2.45. The maximum atomic E-state index is 14.7. The van der Waals surface area contributed by atoms with E-state index in [1.807, 2.05) is 0 Å². The molecule has 1 aromatic carbocycles. The predicted octanol–water partition coefficient (Wildman–Crippen LogP) is 3.25. The molecule has 1 amide bonds. The fourth-order valence-corrected chi connectivity index (χ4v) is 3.57. The van der Waals surface area contributed by atoms with Crippen molar-refractivity contribution in [1.29, 1.82) is 5.41 Å². The van der Waals surface area contributed by atoms with Crippen LogP contribution in [0.2, 0.25) is 0 Å². The fraction of sp³-hybridized carbons (Fsp3) is 0.360. The van der Waals surface area contributed by atoms with E-state index in [4.69, 9.17) is 5.41 Å². The first-order valence-electron chi connectivity index (χ1n) is 11.8. The number of amidine groups is 1. The van der Waals surface area contributed by atoms with Crippen molar-refractivity contribution in [3.05, 3.63) is 53.9 Å². The van der Waals surface area contributed by atoms with Crippen LogP contribution in [0.25, 0.3) is 11.0 Å². The lowest BCUT2D eigenvalue weighted by molar-refractivity contribution is 0.0977. The third-order valence-electron chi connectivity index (χ3n) is 5.93. The van der Waals surface area contributed by atoms with Crippen LogP contribution < -0.4 is 15.5 Å². The number of carbonyl (C=O) groups is 1. The van der Waals surface area contributed by atoms with Crippen molar-refractivity contribution in [3.63, 3.8) is 0 Å². The second-order valence-electron chi connectivity index (χ2n) is 9.88. The number of aliphatic hydroxyl groups excluding tert-OH is 1. The lowest BCUT2D eigenvalue weighted by atomic mass is 9.93. The Morgan fingerprint density at radius 1 is 1.16 bits per heavy atom. The minimum Gasteiger partial charge on any atom is -0.512 e. The predicted molar refractivity (Wildman–Crippen MR) is 140 cm³/mol. The highest BCUT2D eigenvalue weighted by atomic mass is 19.1. The molecule has 11 nitrogen and oxygen atoms in total. The number of aliphatic hydroxyl groups is 1. The Morgan fingerprint density at radius 3 is 2.59 bits per heavy atom. The van der Waals surface area contributed by atoms with Crippen LogP contribution in [0.5, 0.6) is 0 Å². The number of piperazine rings is 1. The Bertz CT molecular complexity index is 1360. The normalized spacial score (nSPS) is 15.1. The van der Waals surface area contributed by atoms with Crippen LogP contribution in [0.4, 0.5) is 21.8 Å². The second-order valence-corrected chi connectivity index (χ2v) is 9.88. The number of nitrogens with one attached hydrogen (secondary N) is 3. The number of rotatable bonds is 5. The zero-order valence-electron chi connectivity index (χ0n) is 21.2. The molecule has 1 fully saturated rings. The molecule has 1 saturated heterocycles. The van der Waals surface area contributed by atoms with Gasteiger partial charge in [0, 0.05) is 43.2 Å².